The molecular weight excluding hydrogens is 472 g/mol. The molecule has 0 atom stereocenters. The van der Waals surface area contributed by atoms with Gasteiger partial charge in [-0.1, -0.05) is 38.1 Å². The molecule has 0 saturated carbocycles. The number of rotatable bonds is 10. The zero-order valence-corrected chi connectivity index (χ0v) is 22.2. The number of nitrogens with one attached hydrogen (secondary N) is 2. The molecule has 2 N–H and O–H groups in total. The molecule has 2 amide bonds. The van der Waals surface area contributed by atoms with Gasteiger partial charge in [0.2, 0.25) is 5.91 Å². The normalized spacial score (nSPS) is 13.2. The molecule has 10 heteroatoms. The van der Waals surface area contributed by atoms with Crippen LogP contribution in [0.25, 0.3) is 11.1 Å². The molecule has 0 bridgehead atoms. The average molecular weight is 509 g/mol. The predicted molar refractivity (Wildman–Crippen MR) is 143 cm³/mol. The fourth-order valence-corrected chi connectivity index (χ4v) is 4.48. The number of carbonyl (C=O) groups is 2. The maximum Gasteiger partial charge on any atom is 0.419 e. The van der Waals surface area contributed by atoms with Gasteiger partial charge in [-0.05, 0) is 35.7 Å². The number of carbonyl (C=O) groups excluding carboxylic acids is 2. The Morgan fingerprint density at radius 1 is 1.11 bits per heavy atom. The van der Waals surface area contributed by atoms with E-state index < -0.39 is 5.76 Å². The van der Waals surface area contributed by atoms with Gasteiger partial charge in [0.15, 0.2) is 5.58 Å². The number of benzene rings is 2. The minimum Gasteiger partial charge on any atom is -0.408 e. The van der Waals surface area contributed by atoms with Gasteiger partial charge in [0, 0.05) is 52.0 Å². The lowest BCUT2D eigenvalue weighted by molar-refractivity contribution is -0.151. The number of aromatic nitrogens is 1. The fraction of sp³-hybridized carbons (Fsp3) is 0.444. The highest BCUT2D eigenvalue weighted by atomic mass is 16.4. The molecular formula is C27H36N6O4. The first-order chi connectivity index (χ1) is 17.6. The summed E-state index contributed by atoms with van der Waals surface area (Å²) in [4.78, 5) is 39.9. The standard InChI is InChI=1S/C27H36N6O4/c1-18(2)28-10-11-32(17-26(35)31(5)33-15-20-8-6-7-9-21(20)16-33)25(34)14-29-22-13-23-24(12-19(22)3)37-27(36)30(23)4/h6-9,12-13,18,28-29H,10-11,14-17H2,1-5H3. The van der Waals surface area contributed by atoms with Crippen LogP contribution in [0.1, 0.15) is 30.5 Å². The Bertz CT molecular complexity index is 1320. The van der Waals surface area contributed by atoms with E-state index in [-0.39, 0.29) is 30.9 Å². The number of anilines is 1. The van der Waals surface area contributed by atoms with E-state index in [9.17, 15) is 14.4 Å². The Kier molecular flexibility index (Phi) is 7.99. The number of hydrogen-bond acceptors (Lipinski definition) is 7. The molecule has 1 aliphatic heterocycles. The maximum absolute atomic E-state index is 13.3. The van der Waals surface area contributed by atoms with Gasteiger partial charge in [0.25, 0.3) is 5.91 Å². The number of aryl methyl sites for hydroxylation is 2. The maximum atomic E-state index is 13.3. The van der Waals surface area contributed by atoms with E-state index in [0.717, 1.165) is 11.3 Å². The number of hydrazine groups is 1. The molecule has 1 aliphatic rings. The molecule has 10 nitrogen and oxygen atoms in total. The molecule has 0 unspecified atom stereocenters. The number of nitrogens with zero attached hydrogens (tertiary/aromatic N) is 4. The highest BCUT2D eigenvalue weighted by Crippen LogP contribution is 2.24. The summed E-state index contributed by atoms with van der Waals surface area (Å²) in [5.74, 6) is -0.760. The summed E-state index contributed by atoms with van der Waals surface area (Å²) in [6, 6.07) is 12.0. The van der Waals surface area contributed by atoms with E-state index in [1.165, 1.54) is 15.7 Å². The summed E-state index contributed by atoms with van der Waals surface area (Å²) in [5.41, 5.74) is 5.15. The van der Waals surface area contributed by atoms with Crippen molar-refractivity contribution in [3.05, 3.63) is 63.6 Å². The Hall–Kier alpha value is -3.63. The zero-order valence-electron chi connectivity index (χ0n) is 22.2. The first-order valence-corrected chi connectivity index (χ1v) is 12.6. The monoisotopic (exact) mass is 508 g/mol. The molecule has 0 radical (unpaired) electrons. The van der Waals surface area contributed by atoms with Crippen molar-refractivity contribution in [2.45, 2.75) is 39.9 Å². The van der Waals surface area contributed by atoms with Gasteiger partial charge in [0.1, 0.15) is 6.54 Å². The van der Waals surface area contributed by atoms with Crippen LogP contribution < -0.4 is 16.4 Å². The summed E-state index contributed by atoms with van der Waals surface area (Å²) >= 11 is 0. The van der Waals surface area contributed by atoms with Crippen molar-refractivity contribution < 1.29 is 14.0 Å². The number of oxazole rings is 1. The Morgan fingerprint density at radius 2 is 1.78 bits per heavy atom. The summed E-state index contributed by atoms with van der Waals surface area (Å²) < 4.78 is 6.67. The lowest BCUT2D eigenvalue weighted by Gasteiger charge is -2.31. The fourth-order valence-electron chi connectivity index (χ4n) is 4.48. The largest absolute Gasteiger partial charge is 0.419 e. The van der Waals surface area contributed by atoms with Gasteiger partial charge in [-0.25, -0.2) is 9.80 Å². The summed E-state index contributed by atoms with van der Waals surface area (Å²) in [6.45, 7) is 8.30. The molecule has 198 valence electrons. The van der Waals surface area contributed by atoms with Crippen LogP contribution >= 0.6 is 0 Å². The Labute approximate surface area is 216 Å². The first kappa shape index (κ1) is 26.4. The molecule has 2 aromatic carbocycles. The third kappa shape index (κ3) is 6.03. The van der Waals surface area contributed by atoms with Crippen LogP contribution in [0.15, 0.2) is 45.6 Å². The Balaban J connectivity index is 1.42. The van der Waals surface area contributed by atoms with Crippen LogP contribution in [-0.2, 0) is 29.7 Å². The average Bonchev–Trinajstić information content (AvgIpc) is 3.41. The van der Waals surface area contributed by atoms with Crippen molar-refractivity contribution in [3.63, 3.8) is 0 Å². The predicted octanol–water partition coefficient (Wildman–Crippen LogP) is 2.07. The van der Waals surface area contributed by atoms with Crippen LogP contribution in [0.5, 0.6) is 0 Å². The highest BCUT2D eigenvalue weighted by Gasteiger charge is 2.27. The van der Waals surface area contributed by atoms with Crippen molar-refractivity contribution >= 4 is 28.6 Å². The number of likely N-dealkylation sites (N-methyl/N-ethyl adjacent to an activating group) is 1. The highest BCUT2D eigenvalue weighted by molar-refractivity contribution is 5.88. The van der Waals surface area contributed by atoms with Crippen molar-refractivity contribution in [2.24, 2.45) is 7.05 Å². The lowest BCUT2D eigenvalue weighted by atomic mass is 10.1. The molecule has 4 rings (SSSR count). The molecule has 3 aromatic rings. The minimum absolute atomic E-state index is 0.0160. The van der Waals surface area contributed by atoms with Crippen LogP contribution in [0, 0.1) is 6.92 Å². The molecule has 0 aliphatic carbocycles. The number of amides is 2. The molecule has 37 heavy (non-hydrogen) atoms. The van der Waals surface area contributed by atoms with Crippen molar-refractivity contribution in [2.75, 3.05) is 38.5 Å². The van der Waals surface area contributed by atoms with E-state index in [2.05, 4.69) is 22.8 Å². The van der Waals surface area contributed by atoms with Gasteiger partial charge in [-0.2, -0.15) is 0 Å². The summed E-state index contributed by atoms with van der Waals surface area (Å²) in [6.07, 6.45) is 0. The third-order valence-electron chi connectivity index (χ3n) is 6.79. The topological polar surface area (TPSA) is 103 Å². The number of fused-ring (bicyclic) bond motifs is 2. The quantitative estimate of drug-likeness (QED) is 0.432. The molecule has 0 saturated heterocycles. The molecule has 0 spiro atoms. The van der Waals surface area contributed by atoms with Gasteiger partial charge in [0.05, 0.1) is 12.1 Å². The first-order valence-electron chi connectivity index (χ1n) is 12.6. The lowest BCUT2D eigenvalue weighted by Crippen LogP contribution is -2.49. The van der Waals surface area contributed by atoms with Gasteiger partial charge in [-0.15, -0.1) is 0 Å². The second-order valence-corrected chi connectivity index (χ2v) is 9.85. The summed E-state index contributed by atoms with van der Waals surface area (Å²) in [5, 5.41) is 10.1. The minimum atomic E-state index is -0.435. The Morgan fingerprint density at radius 3 is 2.43 bits per heavy atom. The van der Waals surface area contributed by atoms with Crippen LogP contribution in [-0.4, -0.2) is 70.6 Å². The smallest absolute Gasteiger partial charge is 0.408 e. The van der Waals surface area contributed by atoms with Crippen LogP contribution in [0.4, 0.5) is 5.69 Å². The summed E-state index contributed by atoms with van der Waals surface area (Å²) in [7, 11) is 3.40. The zero-order chi connectivity index (χ0) is 26.7. The molecule has 1 aromatic heterocycles. The van der Waals surface area contributed by atoms with E-state index in [0.29, 0.717) is 37.3 Å². The van der Waals surface area contributed by atoms with Crippen LogP contribution in [0.2, 0.25) is 0 Å². The van der Waals surface area contributed by atoms with E-state index >= 15 is 0 Å². The SMILES string of the molecule is Cc1cc2oc(=O)n(C)c2cc1NCC(=O)N(CCNC(C)C)CC(=O)N(C)N1Cc2ccccc2C1. The van der Waals surface area contributed by atoms with E-state index in [4.69, 9.17) is 4.42 Å². The van der Waals surface area contributed by atoms with Gasteiger partial charge < -0.3 is 20.0 Å². The number of hydrogen-bond donors (Lipinski definition) is 2. The second-order valence-electron chi connectivity index (χ2n) is 9.85. The van der Waals surface area contributed by atoms with Crippen LogP contribution in [0.3, 0.4) is 0 Å². The molecule has 0 fully saturated rings. The van der Waals surface area contributed by atoms with E-state index in [1.54, 1.807) is 36.1 Å². The second kappa shape index (κ2) is 11.2. The third-order valence-corrected chi connectivity index (χ3v) is 6.79. The van der Waals surface area contributed by atoms with Gasteiger partial charge >= 0.3 is 5.76 Å². The van der Waals surface area contributed by atoms with Crippen molar-refractivity contribution in [3.8, 4) is 0 Å². The molecule has 2 heterocycles. The van der Waals surface area contributed by atoms with Gasteiger partial charge in [-0.3, -0.25) is 19.2 Å². The van der Waals surface area contributed by atoms with Crippen molar-refractivity contribution in [1.29, 1.82) is 0 Å². The van der Waals surface area contributed by atoms with Crippen molar-refractivity contribution in [1.82, 2.24) is 24.8 Å². The van der Waals surface area contributed by atoms with E-state index in [1.807, 2.05) is 37.9 Å².